The van der Waals surface area contributed by atoms with Crippen LogP contribution in [-0.4, -0.2) is 11.1 Å². The molecule has 2 rings (SSSR count). The Morgan fingerprint density at radius 2 is 2.21 bits per heavy atom. The topological polar surface area (TPSA) is 37.3 Å². The fraction of sp³-hybridized carbons (Fsp3) is 0.100. The lowest BCUT2D eigenvalue weighted by Crippen LogP contribution is -1.96. The first-order valence-electron chi connectivity index (χ1n) is 4.01. The number of aryl methyl sites for hydroxylation is 1. The first-order valence-corrected chi connectivity index (χ1v) is 5.26. The molecule has 1 aromatic heterocycles. The molecule has 1 N–H and O–H groups in total. The number of carboxylic acids is 1. The van der Waals surface area contributed by atoms with Gasteiger partial charge >= 0.3 is 5.97 Å². The summed E-state index contributed by atoms with van der Waals surface area (Å²) in [6.07, 6.45) is 0. The minimum atomic E-state index is -0.909. The van der Waals surface area contributed by atoms with Gasteiger partial charge in [-0.15, -0.1) is 11.3 Å². The summed E-state index contributed by atoms with van der Waals surface area (Å²) in [6.45, 7) is 1.89. The molecule has 0 saturated carbocycles. The molecule has 0 aliphatic carbocycles. The van der Waals surface area contributed by atoms with E-state index in [1.165, 1.54) is 11.3 Å². The van der Waals surface area contributed by atoms with Gasteiger partial charge in [-0.1, -0.05) is 11.6 Å². The smallest absolute Gasteiger partial charge is 0.336 e. The van der Waals surface area contributed by atoms with E-state index in [4.69, 9.17) is 16.7 Å². The van der Waals surface area contributed by atoms with Gasteiger partial charge in [0.1, 0.15) is 0 Å². The molecule has 0 fully saturated rings. The molecule has 2 nitrogen and oxygen atoms in total. The second kappa shape index (κ2) is 3.26. The van der Waals surface area contributed by atoms with Gasteiger partial charge in [0.15, 0.2) is 0 Å². The van der Waals surface area contributed by atoms with Gasteiger partial charge in [-0.25, -0.2) is 4.79 Å². The zero-order valence-electron chi connectivity index (χ0n) is 7.37. The van der Waals surface area contributed by atoms with Crippen LogP contribution in [0, 0.1) is 6.92 Å². The Balaban J connectivity index is 2.92. The van der Waals surface area contributed by atoms with Crippen LogP contribution in [0.2, 0.25) is 5.02 Å². The van der Waals surface area contributed by atoms with Crippen LogP contribution in [0.4, 0.5) is 0 Å². The van der Waals surface area contributed by atoms with E-state index in [0.29, 0.717) is 10.6 Å². The first-order chi connectivity index (χ1) is 6.61. The second-order valence-electron chi connectivity index (χ2n) is 3.02. The molecular formula is C10H7ClO2S. The van der Waals surface area contributed by atoms with Crippen molar-refractivity contribution in [2.75, 3.05) is 0 Å². The summed E-state index contributed by atoms with van der Waals surface area (Å²) in [4.78, 5) is 10.9. The molecule has 0 atom stereocenters. The number of benzene rings is 1. The highest BCUT2D eigenvalue weighted by Gasteiger charge is 2.13. The molecule has 0 amide bonds. The Morgan fingerprint density at radius 1 is 1.50 bits per heavy atom. The lowest BCUT2D eigenvalue weighted by molar-refractivity contribution is 0.0699. The lowest BCUT2D eigenvalue weighted by Gasteiger charge is -2.00. The maximum atomic E-state index is 10.9. The van der Waals surface area contributed by atoms with Crippen molar-refractivity contribution in [3.8, 4) is 0 Å². The van der Waals surface area contributed by atoms with Gasteiger partial charge in [-0.3, -0.25) is 0 Å². The predicted octanol–water partition coefficient (Wildman–Crippen LogP) is 3.56. The molecule has 0 bridgehead atoms. The van der Waals surface area contributed by atoms with Gasteiger partial charge in [0.25, 0.3) is 0 Å². The van der Waals surface area contributed by atoms with E-state index < -0.39 is 5.97 Å². The summed E-state index contributed by atoms with van der Waals surface area (Å²) in [5.41, 5.74) is 1.29. The van der Waals surface area contributed by atoms with Crippen LogP contribution in [0.5, 0.6) is 0 Å². The molecule has 0 aliphatic heterocycles. The number of carbonyl (C=O) groups is 1. The highest BCUT2D eigenvalue weighted by Crippen LogP contribution is 2.34. The van der Waals surface area contributed by atoms with Crippen LogP contribution < -0.4 is 0 Å². The number of hydrogen-bond acceptors (Lipinski definition) is 2. The van der Waals surface area contributed by atoms with Gasteiger partial charge in [0, 0.05) is 5.39 Å². The van der Waals surface area contributed by atoms with Gasteiger partial charge in [0.2, 0.25) is 0 Å². The van der Waals surface area contributed by atoms with E-state index in [0.717, 1.165) is 15.6 Å². The quantitative estimate of drug-likeness (QED) is 0.807. The Labute approximate surface area is 89.7 Å². The predicted molar refractivity (Wildman–Crippen MR) is 58.5 cm³/mol. The van der Waals surface area contributed by atoms with Crippen molar-refractivity contribution in [2.45, 2.75) is 6.92 Å². The Bertz CT molecular complexity index is 516. The maximum Gasteiger partial charge on any atom is 0.336 e. The largest absolute Gasteiger partial charge is 0.478 e. The third-order valence-corrected chi connectivity index (χ3v) is 3.65. The normalized spacial score (nSPS) is 10.7. The maximum absolute atomic E-state index is 10.9. The highest BCUT2D eigenvalue weighted by molar-refractivity contribution is 7.18. The van der Waals surface area contributed by atoms with Crippen LogP contribution >= 0.6 is 22.9 Å². The van der Waals surface area contributed by atoms with Crippen molar-refractivity contribution < 1.29 is 9.90 Å². The zero-order valence-corrected chi connectivity index (χ0v) is 8.95. The van der Waals surface area contributed by atoms with E-state index in [1.54, 1.807) is 12.1 Å². The van der Waals surface area contributed by atoms with Gasteiger partial charge in [0.05, 0.1) is 15.3 Å². The summed E-state index contributed by atoms with van der Waals surface area (Å²) in [5, 5.41) is 12.3. The van der Waals surface area contributed by atoms with Crippen molar-refractivity contribution in [1.29, 1.82) is 0 Å². The molecule has 14 heavy (non-hydrogen) atoms. The third kappa shape index (κ3) is 1.29. The fourth-order valence-corrected chi connectivity index (χ4v) is 2.72. The molecular weight excluding hydrogens is 220 g/mol. The molecule has 4 heteroatoms. The molecule has 0 spiro atoms. The monoisotopic (exact) mass is 226 g/mol. The Kier molecular flexibility index (Phi) is 2.21. The molecule has 0 radical (unpaired) electrons. The van der Waals surface area contributed by atoms with E-state index in [1.807, 2.05) is 12.3 Å². The van der Waals surface area contributed by atoms with E-state index in [2.05, 4.69) is 0 Å². The van der Waals surface area contributed by atoms with Crippen molar-refractivity contribution in [1.82, 2.24) is 0 Å². The van der Waals surface area contributed by atoms with Gasteiger partial charge < -0.3 is 5.11 Å². The van der Waals surface area contributed by atoms with E-state index >= 15 is 0 Å². The molecule has 0 unspecified atom stereocenters. The summed E-state index contributed by atoms with van der Waals surface area (Å²) in [6, 6.07) is 3.18. The van der Waals surface area contributed by atoms with Crippen LogP contribution in [0.1, 0.15) is 15.9 Å². The van der Waals surface area contributed by atoms with Crippen molar-refractivity contribution in [3.05, 3.63) is 33.7 Å². The second-order valence-corrected chi connectivity index (χ2v) is 4.31. The molecule has 0 aliphatic rings. The summed E-state index contributed by atoms with van der Waals surface area (Å²) in [5.74, 6) is -0.909. The number of carboxylic acid groups (broad SMARTS) is 1. The summed E-state index contributed by atoms with van der Waals surface area (Å²) >= 11 is 7.44. The SMILES string of the molecule is Cc1csc2c(Cl)ccc(C(=O)O)c12. The highest BCUT2D eigenvalue weighted by atomic mass is 35.5. The first kappa shape index (κ1) is 9.49. The van der Waals surface area contributed by atoms with Gasteiger partial charge in [-0.05, 0) is 30.0 Å². The molecule has 1 heterocycles. The zero-order chi connectivity index (χ0) is 10.3. The lowest BCUT2D eigenvalue weighted by atomic mass is 10.1. The summed E-state index contributed by atoms with van der Waals surface area (Å²) in [7, 11) is 0. The molecule has 72 valence electrons. The Morgan fingerprint density at radius 3 is 2.86 bits per heavy atom. The van der Waals surface area contributed by atoms with Gasteiger partial charge in [-0.2, -0.15) is 0 Å². The van der Waals surface area contributed by atoms with E-state index in [-0.39, 0.29) is 0 Å². The third-order valence-electron chi connectivity index (χ3n) is 2.09. The van der Waals surface area contributed by atoms with Crippen LogP contribution in [-0.2, 0) is 0 Å². The number of fused-ring (bicyclic) bond motifs is 1. The Hall–Kier alpha value is -1.06. The van der Waals surface area contributed by atoms with Crippen molar-refractivity contribution >= 4 is 39.0 Å². The minimum absolute atomic E-state index is 0.322. The number of halogens is 1. The average Bonchev–Trinajstić information content (AvgIpc) is 2.50. The van der Waals surface area contributed by atoms with Crippen molar-refractivity contribution in [3.63, 3.8) is 0 Å². The summed E-state index contributed by atoms with van der Waals surface area (Å²) < 4.78 is 0.851. The average molecular weight is 227 g/mol. The van der Waals surface area contributed by atoms with Crippen LogP contribution in [0.25, 0.3) is 10.1 Å². The number of aromatic carboxylic acids is 1. The molecule has 2 aromatic rings. The standard InChI is InChI=1S/C10H7ClO2S/c1-5-4-14-9-7(11)3-2-6(8(5)9)10(12)13/h2-4H,1H3,(H,12,13). The molecule has 0 saturated heterocycles. The molecule has 1 aromatic carbocycles. The van der Waals surface area contributed by atoms with E-state index in [9.17, 15) is 4.79 Å². The number of thiophene rings is 1. The number of hydrogen-bond donors (Lipinski definition) is 1. The number of rotatable bonds is 1. The van der Waals surface area contributed by atoms with Crippen LogP contribution in [0.15, 0.2) is 17.5 Å². The van der Waals surface area contributed by atoms with Crippen LogP contribution in [0.3, 0.4) is 0 Å². The van der Waals surface area contributed by atoms with Crippen molar-refractivity contribution in [2.24, 2.45) is 0 Å². The minimum Gasteiger partial charge on any atom is -0.478 e. The fourth-order valence-electron chi connectivity index (χ4n) is 1.45.